The van der Waals surface area contributed by atoms with Crippen LogP contribution in [-0.4, -0.2) is 113 Å². The number of nitrogens with zero attached hydrogens (tertiary/aromatic N) is 2. The van der Waals surface area contributed by atoms with Gasteiger partial charge in [-0.2, -0.15) is 0 Å². The first-order valence-corrected chi connectivity index (χ1v) is 16.2. The van der Waals surface area contributed by atoms with Gasteiger partial charge < -0.3 is 38.2 Å². The van der Waals surface area contributed by atoms with Crippen LogP contribution in [0.5, 0.6) is 34.5 Å². The minimum atomic E-state index is -0.0112. The van der Waals surface area contributed by atoms with Gasteiger partial charge in [-0.25, -0.2) is 0 Å². The molecular formula is C31H44N2O8S2. The summed E-state index contributed by atoms with van der Waals surface area (Å²) in [7, 11) is 9.26. The van der Waals surface area contributed by atoms with E-state index in [0.29, 0.717) is 45.6 Å². The Morgan fingerprint density at radius 1 is 0.581 bits per heavy atom. The molecule has 1 saturated heterocycles. The quantitative estimate of drug-likeness (QED) is 0.233. The van der Waals surface area contributed by atoms with Crippen LogP contribution < -0.4 is 28.4 Å². The van der Waals surface area contributed by atoms with Gasteiger partial charge in [0.05, 0.1) is 42.7 Å². The van der Waals surface area contributed by atoms with Crippen molar-refractivity contribution in [3.8, 4) is 34.5 Å². The van der Waals surface area contributed by atoms with Crippen molar-refractivity contribution in [2.45, 2.75) is 19.3 Å². The number of hydrogen-bond donors (Lipinski definition) is 0. The molecular weight excluding hydrogens is 592 g/mol. The Morgan fingerprint density at radius 3 is 1.23 bits per heavy atom. The summed E-state index contributed by atoms with van der Waals surface area (Å²) in [6, 6.07) is 6.79. The first kappa shape index (κ1) is 34.7. The van der Waals surface area contributed by atoms with Crippen LogP contribution in [0.2, 0.25) is 0 Å². The zero-order chi connectivity index (χ0) is 31.2. The van der Waals surface area contributed by atoms with Crippen LogP contribution in [0, 0.1) is 0 Å². The highest BCUT2D eigenvalue weighted by Crippen LogP contribution is 2.40. The van der Waals surface area contributed by atoms with Crippen LogP contribution in [0.3, 0.4) is 0 Å². The number of carbonyl (C=O) groups is 2. The number of carbonyl (C=O) groups excluding carboxylic acids is 2. The lowest BCUT2D eigenvalue weighted by Crippen LogP contribution is -2.32. The summed E-state index contributed by atoms with van der Waals surface area (Å²) in [5.41, 5.74) is 1.07. The normalized spacial score (nSPS) is 14.1. The molecule has 12 heteroatoms. The molecule has 0 amide bonds. The Balaban J connectivity index is 1.36. The van der Waals surface area contributed by atoms with Crippen molar-refractivity contribution < 1.29 is 38.0 Å². The van der Waals surface area contributed by atoms with E-state index >= 15 is 0 Å². The van der Waals surface area contributed by atoms with E-state index < -0.39 is 0 Å². The molecule has 1 aliphatic heterocycles. The van der Waals surface area contributed by atoms with E-state index in [1.807, 2.05) is 0 Å². The van der Waals surface area contributed by atoms with Gasteiger partial charge in [0.2, 0.25) is 21.7 Å². The van der Waals surface area contributed by atoms with Gasteiger partial charge in [0, 0.05) is 35.7 Å². The minimum Gasteiger partial charge on any atom is -0.493 e. The standard InChI is InChI=1S/C31H44N2O8S2/c1-36-24-18-22(19-25(37-2)28(24)40-5)30(34)42-16-8-12-32-10-7-11-33(15-14-32)13-9-17-43-31(35)23-20-26(38-3)29(41-6)27(21-23)39-4/h18-21H,7-17H2,1-6H3. The van der Waals surface area contributed by atoms with Crippen molar-refractivity contribution in [1.29, 1.82) is 0 Å². The molecule has 238 valence electrons. The van der Waals surface area contributed by atoms with Crippen LogP contribution in [0.15, 0.2) is 24.3 Å². The third-order valence-corrected chi connectivity index (χ3v) is 9.17. The number of methoxy groups -OCH3 is 6. The highest BCUT2D eigenvalue weighted by atomic mass is 32.2. The van der Waals surface area contributed by atoms with E-state index in [0.717, 1.165) is 70.0 Å². The van der Waals surface area contributed by atoms with Gasteiger partial charge in [-0.1, -0.05) is 23.5 Å². The molecule has 0 unspecified atom stereocenters. The Morgan fingerprint density at radius 2 is 0.930 bits per heavy atom. The number of hydrogen-bond acceptors (Lipinski definition) is 12. The number of ether oxygens (including phenoxy) is 6. The lowest BCUT2D eigenvalue weighted by Gasteiger charge is -2.21. The summed E-state index contributed by atoms with van der Waals surface area (Å²) < 4.78 is 32.2. The van der Waals surface area contributed by atoms with Gasteiger partial charge in [0.25, 0.3) is 0 Å². The van der Waals surface area contributed by atoms with E-state index in [2.05, 4.69) is 9.80 Å². The molecule has 43 heavy (non-hydrogen) atoms. The van der Waals surface area contributed by atoms with Crippen LogP contribution in [0.25, 0.3) is 0 Å². The molecule has 1 aliphatic rings. The molecule has 0 N–H and O–H groups in total. The first-order valence-electron chi connectivity index (χ1n) is 14.3. The van der Waals surface area contributed by atoms with Gasteiger partial charge in [-0.05, 0) is 69.7 Å². The molecule has 0 atom stereocenters. The Hall–Kier alpha value is -2.80. The van der Waals surface area contributed by atoms with Crippen LogP contribution in [0.4, 0.5) is 0 Å². The predicted octanol–water partition coefficient (Wildman–Crippen LogP) is 4.97. The average Bonchev–Trinajstić information content (AvgIpc) is 3.28. The van der Waals surface area contributed by atoms with E-state index in [9.17, 15) is 9.59 Å². The third kappa shape index (κ3) is 9.85. The monoisotopic (exact) mass is 636 g/mol. The molecule has 0 aliphatic carbocycles. The van der Waals surface area contributed by atoms with Crippen molar-refractivity contribution in [3.63, 3.8) is 0 Å². The molecule has 10 nitrogen and oxygen atoms in total. The van der Waals surface area contributed by atoms with Gasteiger partial charge >= 0.3 is 0 Å². The molecule has 2 aromatic rings. The van der Waals surface area contributed by atoms with E-state index in [1.165, 1.54) is 23.5 Å². The maximum atomic E-state index is 12.8. The molecule has 2 aromatic carbocycles. The fourth-order valence-electron chi connectivity index (χ4n) is 4.94. The molecule has 0 saturated carbocycles. The second kappa shape index (κ2) is 18.1. The number of thioether (sulfide) groups is 2. The topological polar surface area (TPSA) is 96.0 Å². The van der Waals surface area contributed by atoms with Gasteiger partial charge in [0.15, 0.2) is 23.0 Å². The fraction of sp³-hybridized carbons (Fsp3) is 0.548. The average molecular weight is 637 g/mol. The number of rotatable bonds is 16. The summed E-state index contributed by atoms with van der Waals surface area (Å²) in [5, 5.41) is -0.0224. The van der Waals surface area contributed by atoms with E-state index in [1.54, 1.807) is 66.9 Å². The van der Waals surface area contributed by atoms with Crippen molar-refractivity contribution >= 4 is 33.8 Å². The predicted molar refractivity (Wildman–Crippen MR) is 173 cm³/mol. The Labute approximate surface area is 263 Å². The molecule has 0 bridgehead atoms. The second-order valence-electron chi connectivity index (χ2n) is 9.84. The Kier molecular flexibility index (Phi) is 14.6. The number of benzene rings is 2. The van der Waals surface area contributed by atoms with Crippen molar-refractivity contribution in [2.24, 2.45) is 0 Å². The molecule has 0 radical (unpaired) electrons. The van der Waals surface area contributed by atoms with Crippen LogP contribution in [-0.2, 0) is 0 Å². The van der Waals surface area contributed by atoms with Crippen LogP contribution in [0.1, 0.15) is 40.0 Å². The van der Waals surface area contributed by atoms with Crippen molar-refractivity contribution in [2.75, 3.05) is 93.4 Å². The molecule has 1 fully saturated rings. The SMILES string of the molecule is COc1cc(C(=O)SCCCN2CCCN(CCCSC(=O)c3cc(OC)c(OC)c(OC)c3)CC2)cc(OC)c1OC. The van der Waals surface area contributed by atoms with Crippen molar-refractivity contribution in [1.82, 2.24) is 9.80 Å². The van der Waals surface area contributed by atoms with Gasteiger partial charge in [-0.15, -0.1) is 0 Å². The highest BCUT2D eigenvalue weighted by Gasteiger charge is 2.20. The van der Waals surface area contributed by atoms with Crippen molar-refractivity contribution in [3.05, 3.63) is 35.4 Å². The molecule has 1 heterocycles. The summed E-state index contributed by atoms with van der Waals surface area (Å²) in [6.07, 6.45) is 2.97. The summed E-state index contributed by atoms with van der Waals surface area (Å²) in [6.45, 7) is 6.03. The van der Waals surface area contributed by atoms with Crippen LogP contribution >= 0.6 is 23.5 Å². The minimum absolute atomic E-state index is 0.0112. The lowest BCUT2D eigenvalue weighted by molar-refractivity contribution is 0.108. The smallest absolute Gasteiger partial charge is 0.219 e. The fourth-order valence-corrected chi connectivity index (χ4v) is 6.43. The first-order chi connectivity index (χ1) is 20.9. The maximum absolute atomic E-state index is 12.8. The van der Waals surface area contributed by atoms with E-state index in [-0.39, 0.29) is 10.2 Å². The third-order valence-electron chi connectivity index (χ3n) is 7.19. The highest BCUT2D eigenvalue weighted by molar-refractivity contribution is 8.14. The summed E-state index contributed by atoms with van der Waals surface area (Å²) in [4.78, 5) is 30.6. The molecule has 0 spiro atoms. The maximum Gasteiger partial charge on any atom is 0.219 e. The lowest BCUT2D eigenvalue weighted by atomic mass is 10.2. The summed E-state index contributed by atoms with van der Waals surface area (Å²) in [5.74, 6) is 4.34. The van der Waals surface area contributed by atoms with Gasteiger partial charge in [-0.3, -0.25) is 9.59 Å². The second-order valence-corrected chi connectivity index (χ2v) is 12.0. The molecule has 3 rings (SSSR count). The molecule has 0 aromatic heterocycles. The Bertz CT molecular complexity index is 1070. The summed E-state index contributed by atoms with van der Waals surface area (Å²) >= 11 is 2.64. The zero-order valence-electron chi connectivity index (χ0n) is 26.1. The van der Waals surface area contributed by atoms with E-state index in [4.69, 9.17) is 28.4 Å². The largest absolute Gasteiger partial charge is 0.493 e. The van der Waals surface area contributed by atoms with Gasteiger partial charge in [0.1, 0.15) is 0 Å². The zero-order valence-corrected chi connectivity index (χ0v) is 27.7.